The molecule has 184 valence electrons. The maximum Gasteiger partial charge on any atom is 0.261 e. The highest BCUT2D eigenvalue weighted by atomic mass is 19.1. The number of carbonyl (C=O) groups is 4. The fraction of sp³-hybridized carbons (Fsp3) is 0.583. The van der Waals surface area contributed by atoms with Crippen molar-refractivity contribution in [3.05, 3.63) is 24.0 Å². The van der Waals surface area contributed by atoms with Crippen molar-refractivity contribution in [3.8, 4) is 11.5 Å². The lowest BCUT2D eigenvalue weighted by Crippen LogP contribution is -2.53. The van der Waals surface area contributed by atoms with E-state index >= 15 is 0 Å². The molecule has 3 fully saturated rings. The lowest BCUT2D eigenvalue weighted by atomic mass is 9.97. The number of carbonyl (C=O) groups excluding carboxylic acids is 4. The number of methoxy groups -OCH3 is 1. The Kier molecular flexibility index (Phi) is 6.51. The van der Waals surface area contributed by atoms with Crippen molar-refractivity contribution < 1.29 is 33.0 Å². The van der Waals surface area contributed by atoms with Crippen molar-refractivity contribution in [2.45, 2.75) is 38.8 Å². The molecule has 0 spiro atoms. The third-order valence-electron chi connectivity index (χ3n) is 7.48. The van der Waals surface area contributed by atoms with Crippen molar-refractivity contribution in [3.63, 3.8) is 0 Å². The maximum atomic E-state index is 13.9. The van der Waals surface area contributed by atoms with Gasteiger partial charge in [-0.2, -0.15) is 0 Å². The van der Waals surface area contributed by atoms with Crippen LogP contribution in [0.4, 0.5) is 4.39 Å². The van der Waals surface area contributed by atoms with Crippen LogP contribution in [0, 0.1) is 29.0 Å². The van der Waals surface area contributed by atoms with Crippen LogP contribution >= 0.6 is 0 Å². The maximum absolute atomic E-state index is 13.9. The summed E-state index contributed by atoms with van der Waals surface area (Å²) in [5.41, 5.74) is -0.0965. The zero-order chi connectivity index (χ0) is 24.6. The zero-order valence-electron chi connectivity index (χ0n) is 19.5. The second-order valence-corrected chi connectivity index (χ2v) is 9.79. The molecule has 0 unspecified atom stereocenters. The summed E-state index contributed by atoms with van der Waals surface area (Å²) in [6.45, 7) is 4.73. The van der Waals surface area contributed by atoms with Crippen molar-refractivity contribution >= 4 is 24.0 Å². The van der Waals surface area contributed by atoms with Gasteiger partial charge in [-0.05, 0) is 42.2 Å². The first-order valence-electron chi connectivity index (χ1n) is 11.5. The molecule has 5 atom stereocenters. The first-order valence-corrected chi connectivity index (χ1v) is 11.5. The van der Waals surface area contributed by atoms with Gasteiger partial charge in [-0.3, -0.25) is 14.4 Å². The molecular weight excluding hydrogens is 445 g/mol. The monoisotopic (exact) mass is 475 g/mol. The number of amides is 3. The van der Waals surface area contributed by atoms with E-state index in [1.807, 2.05) is 0 Å². The van der Waals surface area contributed by atoms with E-state index in [9.17, 15) is 23.6 Å². The van der Waals surface area contributed by atoms with Crippen LogP contribution in [0.5, 0.6) is 11.5 Å². The summed E-state index contributed by atoms with van der Waals surface area (Å²) < 4.78 is 24.3. The first kappa shape index (κ1) is 24.0. The average Bonchev–Trinajstić information content (AvgIpc) is 3.16. The Morgan fingerprint density at radius 1 is 1.38 bits per heavy atom. The van der Waals surface area contributed by atoms with Gasteiger partial charge in [0.05, 0.1) is 13.2 Å². The van der Waals surface area contributed by atoms with E-state index in [0.29, 0.717) is 25.8 Å². The zero-order valence-corrected chi connectivity index (χ0v) is 19.5. The summed E-state index contributed by atoms with van der Waals surface area (Å²) in [6, 6.07) is 2.50. The second-order valence-electron chi connectivity index (χ2n) is 9.79. The van der Waals surface area contributed by atoms with Crippen LogP contribution in [-0.4, -0.2) is 67.8 Å². The minimum Gasteiger partial charge on any atom is -0.494 e. The number of nitrogens with one attached hydrogen (secondary N) is 2. The Hall–Kier alpha value is -3.17. The number of hydrogen-bond donors (Lipinski definition) is 2. The molecule has 0 bridgehead atoms. The fourth-order valence-corrected chi connectivity index (χ4v) is 5.40. The highest BCUT2D eigenvalue weighted by Gasteiger charge is 2.69. The molecule has 0 radical (unpaired) electrons. The van der Waals surface area contributed by atoms with Gasteiger partial charge in [-0.25, -0.2) is 4.39 Å². The van der Waals surface area contributed by atoms with Gasteiger partial charge in [0.1, 0.15) is 18.1 Å². The molecule has 3 amide bonds. The van der Waals surface area contributed by atoms with Crippen molar-refractivity contribution in [1.82, 2.24) is 15.5 Å². The summed E-state index contributed by atoms with van der Waals surface area (Å²) in [5, 5.41) is 5.47. The van der Waals surface area contributed by atoms with E-state index in [0.717, 1.165) is 6.07 Å². The molecular formula is C24H30FN3O6. The molecule has 34 heavy (non-hydrogen) atoms. The lowest BCUT2D eigenvalue weighted by Gasteiger charge is -2.31. The SMILES string of the molecule is COc1ccc(OCC(=O)N2C[C@H]3[C@@H]([C@H]2C(=O)N[C@H](C=O)C[C@@H]2CCNC2=O)C3(C)C)cc1F. The molecule has 1 aromatic rings. The third kappa shape index (κ3) is 4.45. The largest absolute Gasteiger partial charge is 0.494 e. The van der Waals surface area contributed by atoms with E-state index in [-0.39, 0.29) is 53.6 Å². The minimum absolute atomic E-state index is 0.0306. The van der Waals surface area contributed by atoms with Crippen LogP contribution in [0.1, 0.15) is 26.7 Å². The van der Waals surface area contributed by atoms with Crippen molar-refractivity contribution in [2.24, 2.45) is 23.2 Å². The molecule has 10 heteroatoms. The summed E-state index contributed by atoms with van der Waals surface area (Å²) in [5.74, 6) is -1.46. The van der Waals surface area contributed by atoms with Gasteiger partial charge in [-0.15, -0.1) is 0 Å². The van der Waals surface area contributed by atoms with Crippen LogP contribution < -0.4 is 20.1 Å². The summed E-state index contributed by atoms with van der Waals surface area (Å²) in [7, 11) is 1.35. The van der Waals surface area contributed by atoms with E-state index < -0.39 is 29.7 Å². The molecule has 4 rings (SSSR count). The summed E-state index contributed by atoms with van der Waals surface area (Å²) in [4.78, 5) is 51.2. The molecule has 0 aromatic heterocycles. The van der Waals surface area contributed by atoms with Gasteiger partial charge in [-0.1, -0.05) is 13.8 Å². The number of piperidine rings is 1. The number of likely N-dealkylation sites (tertiary alicyclic amines) is 1. The predicted octanol–water partition coefficient (Wildman–Crippen LogP) is 0.906. The predicted molar refractivity (Wildman–Crippen MR) is 118 cm³/mol. The number of hydrogen-bond acceptors (Lipinski definition) is 6. The fourth-order valence-electron chi connectivity index (χ4n) is 5.40. The Morgan fingerprint density at radius 3 is 2.76 bits per heavy atom. The van der Waals surface area contributed by atoms with Crippen LogP contribution in [0.3, 0.4) is 0 Å². The standard InChI is InChI=1S/C24H30FN3O6/c1-24(2)16-10-28(19(30)12-34-15-4-5-18(33-3)17(25)9-15)21(20(16)24)23(32)27-14(11-29)8-13-6-7-26-22(13)31/h4-5,9,11,13-14,16,20-21H,6-8,10,12H2,1-3H3,(H,26,31)(H,27,32)/t13-,14-,16-,20-,21-/m0/s1. The Labute approximate surface area is 197 Å². The highest BCUT2D eigenvalue weighted by Crippen LogP contribution is 2.64. The van der Waals surface area contributed by atoms with Crippen LogP contribution in [-0.2, 0) is 19.2 Å². The Bertz CT molecular complexity index is 999. The molecule has 2 saturated heterocycles. The number of nitrogens with zero attached hydrogens (tertiary/aromatic N) is 1. The van der Waals surface area contributed by atoms with Gasteiger partial charge in [0.15, 0.2) is 18.2 Å². The van der Waals surface area contributed by atoms with E-state index in [4.69, 9.17) is 9.47 Å². The molecule has 1 saturated carbocycles. The molecule has 1 aliphatic carbocycles. The lowest BCUT2D eigenvalue weighted by molar-refractivity contribution is -0.142. The molecule has 1 aromatic carbocycles. The molecule has 2 heterocycles. The Balaban J connectivity index is 1.41. The van der Waals surface area contributed by atoms with Crippen molar-refractivity contribution in [1.29, 1.82) is 0 Å². The number of halogens is 1. The normalized spacial score (nSPS) is 27.4. The molecule has 2 N–H and O–H groups in total. The van der Waals surface area contributed by atoms with Crippen LogP contribution in [0.25, 0.3) is 0 Å². The van der Waals surface area contributed by atoms with Gasteiger partial charge in [0.2, 0.25) is 11.8 Å². The van der Waals surface area contributed by atoms with Gasteiger partial charge in [0, 0.05) is 25.1 Å². The van der Waals surface area contributed by atoms with E-state index in [1.54, 1.807) is 0 Å². The average molecular weight is 476 g/mol. The molecule has 2 aliphatic heterocycles. The van der Waals surface area contributed by atoms with Gasteiger partial charge < -0.3 is 29.8 Å². The third-order valence-corrected chi connectivity index (χ3v) is 7.48. The highest BCUT2D eigenvalue weighted by molar-refractivity contribution is 5.91. The smallest absolute Gasteiger partial charge is 0.261 e. The molecule has 9 nitrogen and oxygen atoms in total. The van der Waals surface area contributed by atoms with Crippen LogP contribution in [0.2, 0.25) is 0 Å². The first-order chi connectivity index (χ1) is 16.2. The topological polar surface area (TPSA) is 114 Å². The number of aldehydes is 1. The number of rotatable bonds is 9. The van der Waals surface area contributed by atoms with Gasteiger partial charge >= 0.3 is 0 Å². The second kappa shape index (κ2) is 9.23. The number of ether oxygens (including phenoxy) is 2. The number of fused-ring (bicyclic) bond motifs is 1. The quantitative estimate of drug-likeness (QED) is 0.513. The van der Waals surface area contributed by atoms with Crippen LogP contribution in [0.15, 0.2) is 18.2 Å². The summed E-state index contributed by atoms with van der Waals surface area (Å²) in [6.07, 6.45) is 1.49. The van der Waals surface area contributed by atoms with E-state index in [2.05, 4.69) is 24.5 Å². The summed E-state index contributed by atoms with van der Waals surface area (Å²) >= 11 is 0. The number of benzene rings is 1. The molecule has 3 aliphatic rings. The van der Waals surface area contributed by atoms with Gasteiger partial charge in [0.25, 0.3) is 5.91 Å². The van der Waals surface area contributed by atoms with E-state index in [1.165, 1.54) is 24.1 Å². The minimum atomic E-state index is -0.808. The van der Waals surface area contributed by atoms with Crippen molar-refractivity contribution in [2.75, 3.05) is 26.8 Å². The Morgan fingerprint density at radius 2 is 2.15 bits per heavy atom.